The largest absolute Gasteiger partial charge is 0.360 e. The quantitative estimate of drug-likeness (QED) is 0.408. The summed E-state index contributed by atoms with van der Waals surface area (Å²) in [6.07, 6.45) is 1.85. The molecule has 0 atom stereocenters. The first-order valence-electron chi connectivity index (χ1n) is 8.13. The molecule has 0 aliphatic rings. The van der Waals surface area contributed by atoms with Crippen molar-refractivity contribution in [3.05, 3.63) is 102 Å². The molecule has 3 aromatic carbocycles. The Morgan fingerprint density at radius 2 is 1.40 bits per heavy atom. The molecule has 0 saturated heterocycles. The summed E-state index contributed by atoms with van der Waals surface area (Å²) in [5, 5.41) is 0.987. The first-order valence-corrected chi connectivity index (χ1v) is 8.13. The molecular formula is C22H16N2O. The second kappa shape index (κ2) is 6.57. The number of carbonyl (C=O) groups is 1. The first kappa shape index (κ1) is 15.1. The predicted molar refractivity (Wildman–Crippen MR) is 102 cm³/mol. The van der Waals surface area contributed by atoms with Crippen LogP contribution < -0.4 is 0 Å². The fourth-order valence-corrected chi connectivity index (χ4v) is 2.86. The van der Waals surface area contributed by atoms with Crippen LogP contribution in [0.15, 0.2) is 96.1 Å². The van der Waals surface area contributed by atoms with Crippen LogP contribution in [0.1, 0.15) is 15.9 Å². The van der Waals surface area contributed by atoms with E-state index in [0.717, 1.165) is 22.2 Å². The normalized spacial score (nSPS) is 11.6. The zero-order chi connectivity index (χ0) is 17.1. The van der Waals surface area contributed by atoms with Gasteiger partial charge in [-0.05, 0) is 18.2 Å². The van der Waals surface area contributed by atoms with E-state index in [4.69, 9.17) is 0 Å². The number of nitrogens with zero attached hydrogens (tertiary/aromatic N) is 1. The molecule has 25 heavy (non-hydrogen) atoms. The number of rotatable bonds is 4. The van der Waals surface area contributed by atoms with Crippen LogP contribution in [0.3, 0.4) is 0 Å². The van der Waals surface area contributed by atoms with E-state index >= 15 is 0 Å². The fraction of sp³-hybridized carbons (Fsp3) is 0. The van der Waals surface area contributed by atoms with Crippen LogP contribution >= 0.6 is 0 Å². The molecule has 1 aromatic heterocycles. The highest BCUT2D eigenvalue weighted by Crippen LogP contribution is 2.23. The monoisotopic (exact) mass is 324 g/mol. The Hall–Kier alpha value is -3.46. The summed E-state index contributed by atoms with van der Waals surface area (Å²) in [7, 11) is 0. The van der Waals surface area contributed by atoms with E-state index in [1.165, 1.54) is 0 Å². The highest BCUT2D eigenvalue weighted by atomic mass is 16.1. The number of Topliss-reactive ketones (excluding diaryl/α,β-unsaturated/α-hetero) is 1. The molecule has 0 bridgehead atoms. The number of benzene rings is 3. The van der Waals surface area contributed by atoms with Crippen molar-refractivity contribution in [2.75, 3.05) is 0 Å². The number of aromatic nitrogens is 1. The van der Waals surface area contributed by atoms with Gasteiger partial charge in [0.2, 0.25) is 5.78 Å². The average Bonchev–Trinajstić information content (AvgIpc) is 3.11. The maximum atomic E-state index is 13.1. The maximum absolute atomic E-state index is 13.1. The second-order valence-corrected chi connectivity index (χ2v) is 5.74. The number of H-pyrrole nitrogens is 1. The standard InChI is InChI=1S/C22H16N2O/c25-22(16-9-3-1-4-10-16)21(24-17-11-5-2-6-12-17)19-15-23-20-14-8-7-13-18(19)20/h1-15,23H. The Morgan fingerprint density at radius 3 is 2.16 bits per heavy atom. The van der Waals surface area contributed by atoms with Gasteiger partial charge in [-0.3, -0.25) is 4.79 Å². The molecule has 4 rings (SSSR count). The molecule has 0 amide bonds. The number of para-hydroxylation sites is 2. The van der Waals surface area contributed by atoms with E-state index < -0.39 is 0 Å². The van der Waals surface area contributed by atoms with Crippen LogP contribution in [0, 0.1) is 0 Å². The van der Waals surface area contributed by atoms with Crippen LogP contribution in [0.25, 0.3) is 10.9 Å². The molecule has 120 valence electrons. The fourth-order valence-electron chi connectivity index (χ4n) is 2.86. The lowest BCUT2D eigenvalue weighted by atomic mass is 10.00. The number of fused-ring (bicyclic) bond motifs is 1. The van der Waals surface area contributed by atoms with Crippen molar-refractivity contribution >= 4 is 28.1 Å². The summed E-state index contributed by atoms with van der Waals surface area (Å²) in [5.74, 6) is -0.0887. The van der Waals surface area contributed by atoms with Crippen LogP contribution in [-0.2, 0) is 0 Å². The highest BCUT2D eigenvalue weighted by Gasteiger charge is 2.19. The molecule has 4 aromatic rings. The van der Waals surface area contributed by atoms with Crippen molar-refractivity contribution in [2.45, 2.75) is 0 Å². The summed E-state index contributed by atoms with van der Waals surface area (Å²) < 4.78 is 0. The Labute approximate surface area is 145 Å². The maximum Gasteiger partial charge on any atom is 0.212 e. The number of aliphatic imine (C=N–C) groups is 1. The van der Waals surface area contributed by atoms with E-state index in [1.807, 2.05) is 91.1 Å². The van der Waals surface area contributed by atoms with E-state index in [9.17, 15) is 4.79 Å². The average molecular weight is 324 g/mol. The van der Waals surface area contributed by atoms with Crippen molar-refractivity contribution in [1.82, 2.24) is 4.98 Å². The van der Waals surface area contributed by atoms with Gasteiger partial charge in [0.15, 0.2) is 0 Å². The number of ketones is 1. The van der Waals surface area contributed by atoms with Crippen LogP contribution in [-0.4, -0.2) is 16.5 Å². The molecule has 3 heteroatoms. The van der Waals surface area contributed by atoms with Crippen LogP contribution in [0.2, 0.25) is 0 Å². The minimum Gasteiger partial charge on any atom is -0.360 e. The molecular weight excluding hydrogens is 308 g/mol. The molecule has 0 radical (unpaired) electrons. The van der Waals surface area contributed by atoms with E-state index in [-0.39, 0.29) is 5.78 Å². The van der Waals surface area contributed by atoms with E-state index in [0.29, 0.717) is 11.3 Å². The Morgan fingerprint density at radius 1 is 0.760 bits per heavy atom. The first-order chi connectivity index (χ1) is 12.3. The topological polar surface area (TPSA) is 45.2 Å². The van der Waals surface area contributed by atoms with Gasteiger partial charge in [-0.1, -0.05) is 66.7 Å². The third kappa shape index (κ3) is 3.00. The van der Waals surface area contributed by atoms with Gasteiger partial charge in [0.1, 0.15) is 5.71 Å². The van der Waals surface area contributed by atoms with Gasteiger partial charge in [-0.2, -0.15) is 0 Å². The van der Waals surface area contributed by atoms with E-state index in [2.05, 4.69) is 9.98 Å². The van der Waals surface area contributed by atoms with Gasteiger partial charge in [-0.15, -0.1) is 0 Å². The SMILES string of the molecule is O=C(C(=Nc1ccccc1)c1c[nH]c2ccccc12)c1ccccc1. The molecule has 1 heterocycles. The van der Waals surface area contributed by atoms with Crippen molar-refractivity contribution in [3.63, 3.8) is 0 Å². The highest BCUT2D eigenvalue weighted by molar-refractivity contribution is 6.53. The number of hydrogen-bond acceptors (Lipinski definition) is 2. The van der Waals surface area contributed by atoms with E-state index in [1.54, 1.807) is 0 Å². The Kier molecular flexibility index (Phi) is 3.97. The summed E-state index contributed by atoms with van der Waals surface area (Å²) in [6.45, 7) is 0. The molecule has 0 spiro atoms. The van der Waals surface area contributed by atoms with Crippen LogP contribution in [0.5, 0.6) is 0 Å². The van der Waals surface area contributed by atoms with Gasteiger partial charge in [-0.25, -0.2) is 4.99 Å². The van der Waals surface area contributed by atoms with Gasteiger partial charge >= 0.3 is 0 Å². The summed E-state index contributed by atoms with van der Waals surface area (Å²) >= 11 is 0. The third-order valence-corrected chi connectivity index (χ3v) is 4.09. The summed E-state index contributed by atoms with van der Waals surface area (Å²) in [4.78, 5) is 21.0. The van der Waals surface area contributed by atoms with Crippen molar-refractivity contribution in [3.8, 4) is 0 Å². The zero-order valence-corrected chi connectivity index (χ0v) is 13.5. The van der Waals surface area contributed by atoms with Crippen molar-refractivity contribution in [2.24, 2.45) is 4.99 Å². The lowest BCUT2D eigenvalue weighted by molar-refractivity contribution is 0.106. The third-order valence-electron chi connectivity index (χ3n) is 4.09. The molecule has 0 aliphatic heterocycles. The smallest absolute Gasteiger partial charge is 0.212 e. The molecule has 1 N–H and O–H groups in total. The lowest BCUT2D eigenvalue weighted by Gasteiger charge is -2.06. The number of aromatic amines is 1. The van der Waals surface area contributed by atoms with Gasteiger partial charge < -0.3 is 4.98 Å². The van der Waals surface area contributed by atoms with Crippen LogP contribution in [0.4, 0.5) is 5.69 Å². The predicted octanol–water partition coefficient (Wildman–Crippen LogP) is 5.17. The number of carbonyl (C=O) groups excluding carboxylic acids is 1. The molecule has 0 fully saturated rings. The molecule has 3 nitrogen and oxygen atoms in total. The molecule has 0 unspecified atom stereocenters. The van der Waals surface area contributed by atoms with Crippen molar-refractivity contribution in [1.29, 1.82) is 0 Å². The summed E-state index contributed by atoms with van der Waals surface area (Å²) in [5.41, 5.74) is 3.62. The minimum absolute atomic E-state index is 0.0887. The zero-order valence-electron chi connectivity index (χ0n) is 13.5. The van der Waals surface area contributed by atoms with Gasteiger partial charge in [0.25, 0.3) is 0 Å². The molecule has 0 saturated carbocycles. The Balaban J connectivity index is 1.90. The van der Waals surface area contributed by atoms with Gasteiger partial charge in [0.05, 0.1) is 5.69 Å². The minimum atomic E-state index is -0.0887. The van der Waals surface area contributed by atoms with Gasteiger partial charge in [0, 0.05) is 28.2 Å². The lowest BCUT2D eigenvalue weighted by Crippen LogP contribution is -2.15. The van der Waals surface area contributed by atoms with Crippen molar-refractivity contribution < 1.29 is 4.79 Å². The number of hydrogen-bond donors (Lipinski definition) is 1. The number of nitrogens with one attached hydrogen (secondary N) is 1. The molecule has 0 aliphatic carbocycles. The second-order valence-electron chi connectivity index (χ2n) is 5.74. The Bertz CT molecular complexity index is 1050. The summed E-state index contributed by atoms with van der Waals surface area (Å²) in [6, 6.07) is 26.7.